The fraction of sp³-hybridized carbons (Fsp3) is 0.444. The lowest BCUT2D eigenvalue weighted by atomic mass is 10.1. The molecule has 0 N–H and O–H groups in total. The zero-order valence-corrected chi connectivity index (χ0v) is 5.89. The molecule has 0 aliphatic heterocycles. The molecule has 0 aliphatic carbocycles. The SMILES string of the molecule is C.CCc1cnccc1C. The molecular formula is C9H15N. The number of hydrogen-bond donors (Lipinski definition) is 0. The van der Waals surface area contributed by atoms with E-state index in [2.05, 4.69) is 18.8 Å². The summed E-state index contributed by atoms with van der Waals surface area (Å²) in [5.74, 6) is 0. The van der Waals surface area contributed by atoms with Gasteiger partial charge in [0.1, 0.15) is 0 Å². The summed E-state index contributed by atoms with van der Waals surface area (Å²) in [4.78, 5) is 4.02. The lowest BCUT2D eigenvalue weighted by molar-refractivity contribution is 1.07. The number of hydrogen-bond acceptors (Lipinski definition) is 1. The Morgan fingerprint density at radius 1 is 1.50 bits per heavy atom. The van der Waals surface area contributed by atoms with E-state index in [4.69, 9.17) is 0 Å². The Labute approximate surface area is 63.1 Å². The summed E-state index contributed by atoms with van der Waals surface area (Å²) in [6.45, 7) is 4.25. The molecule has 0 saturated carbocycles. The lowest BCUT2D eigenvalue weighted by Crippen LogP contribution is -1.85. The second-order valence-corrected chi connectivity index (χ2v) is 2.16. The molecule has 1 aromatic rings. The van der Waals surface area contributed by atoms with Crippen molar-refractivity contribution in [3.05, 3.63) is 29.6 Å². The summed E-state index contributed by atoms with van der Waals surface area (Å²) in [5.41, 5.74) is 2.69. The smallest absolute Gasteiger partial charge is 0.0302 e. The largest absolute Gasteiger partial charge is 0.264 e. The Morgan fingerprint density at radius 3 is 2.60 bits per heavy atom. The molecule has 1 rings (SSSR count). The molecule has 1 aromatic heterocycles. The molecule has 0 saturated heterocycles. The Balaban J connectivity index is 0.000000810. The van der Waals surface area contributed by atoms with Crippen molar-refractivity contribution in [3.63, 3.8) is 0 Å². The predicted octanol–water partition coefficient (Wildman–Crippen LogP) is 2.59. The molecule has 10 heavy (non-hydrogen) atoms. The fourth-order valence-electron chi connectivity index (χ4n) is 0.867. The number of rotatable bonds is 1. The molecule has 0 fully saturated rings. The Bertz CT molecular complexity index is 194. The standard InChI is InChI=1S/C8H11N.CH4/c1-3-8-6-9-5-4-7(8)2;/h4-6H,3H2,1-2H3;1H4. The van der Waals surface area contributed by atoms with Gasteiger partial charge in [0.05, 0.1) is 0 Å². The topological polar surface area (TPSA) is 12.9 Å². The summed E-state index contributed by atoms with van der Waals surface area (Å²) in [6.07, 6.45) is 4.84. The maximum absolute atomic E-state index is 4.02. The van der Waals surface area contributed by atoms with Crippen LogP contribution in [-0.2, 0) is 6.42 Å². The van der Waals surface area contributed by atoms with Gasteiger partial charge in [0.2, 0.25) is 0 Å². The minimum atomic E-state index is 0. The van der Waals surface area contributed by atoms with Crippen molar-refractivity contribution in [3.8, 4) is 0 Å². The molecule has 0 radical (unpaired) electrons. The molecule has 1 heteroatoms. The molecule has 0 atom stereocenters. The van der Waals surface area contributed by atoms with Crippen LogP contribution in [0.4, 0.5) is 0 Å². The molecule has 0 aliphatic rings. The van der Waals surface area contributed by atoms with Gasteiger partial charge in [0.25, 0.3) is 0 Å². The number of aryl methyl sites for hydroxylation is 2. The van der Waals surface area contributed by atoms with Crippen molar-refractivity contribution >= 4 is 0 Å². The summed E-state index contributed by atoms with van der Waals surface area (Å²) < 4.78 is 0. The van der Waals surface area contributed by atoms with E-state index in [-0.39, 0.29) is 7.43 Å². The van der Waals surface area contributed by atoms with Crippen molar-refractivity contribution in [2.75, 3.05) is 0 Å². The third-order valence-corrected chi connectivity index (χ3v) is 1.53. The first-order valence-electron chi connectivity index (χ1n) is 3.24. The highest BCUT2D eigenvalue weighted by Crippen LogP contribution is 2.03. The average molecular weight is 137 g/mol. The van der Waals surface area contributed by atoms with E-state index in [1.807, 2.05) is 18.5 Å². The quantitative estimate of drug-likeness (QED) is 0.579. The summed E-state index contributed by atoms with van der Waals surface area (Å²) in [7, 11) is 0. The summed E-state index contributed by atoms with van der Waals surface area (Å²) >= 11 is 0. The summed E-state index contributed by atoms with van der Waals surface area (Å²) in [5, 5.41) is 0. The second-order valence-electron chi connectivity index (χ2n) is 2.16. The molecule has 0 aromatic carbocycles. The van der Waals surface area contributed by atoms with E-state index >= 15 is 0 Å². The van der Waals surface area contributed by atoms with Gasteiger partial charge >= 0.3 is 0 Å². The van der Waals surface area contributed by atoms with Crippen LogP contribution in [0.1, 0.15) is 25.5 Å². The monoisotopic (exact) mass is 137 g/mol. The van der Waals surface area contributed by atoms with E-state index < -0.39 is 0 Å². The first-order valence-corrected chi connectivity index (χ1v) is 3.24. The van der Waals surface area contributed by atoms with Crippen LogP contribution in [0.5, 0.6) is 0 Å². The Hall–Kier alpha value is -0.850. The number of nitrogens with zero attached hydrogens (tertiary/aromatic N) is 1. The van der Waals surface area contributed by atoms with Gasteiger partial charge in [-0.05, 0) is 30.5 Å². The first kappa shape index (κ1) is 9.15. The third-order valence-electron chi connectivity index (χ3n) is 1.53. The highest BCUT2D eigenvalue weighted by atomic mass is 14.6. The van der Waals surface area contributed by atoms with Gasteiger partial charge in [0, 0.05) is 12.4 Å². The zero-order valence-electron chi connectivity index (χ0n) is 5.89. The van der Waals surface area contributed by atoms with E-state index in [0.29, 0.717) is 0 Å². The highest BCUT2D eigenvalue weighted by molar-refractivity contribution is 5.20. The Morgan fingerprint density at radius 2 is 2.20 bits per heavy atom. The Kier molecular flexibility index (Phi) is 3.70. The van der Waals surface area contributed by atoms with Crippen LogP contribution in [0.3, 0.4) is 0 Å². The van der Waals surface area contributed by atoms with Crippen LogP contribution in [0.25, 0.3) is 0 Å². The van der Waals surface area contributed by atoms with Crippen molar-refractivity contribution in [1.82, 2.24) is 4.98 Å². The van der Waals surface area contributed by atoms with E-state index in [1.54, 1.807) is 0 Å². The van der Waals surface area contributed by atoms with Crippen LogP contribution >= 0.6 is 0 Å². The third kappa shape index (κ3) is 1.83. The number of pyridine rings is 1. The molecule has 1 heterocycles. The van der Waals surface area contributed by atoms with Crippen LogP contribution in [0, 0.1) is 6.92 Å². The van der Waals surface area contributed by atoms with Gasteiger partial charge in [-0.3, -0.25) is 4.98 Å². The summed E-state index contributed by atoms with van der Waals surface area (Å²) in [6, 6.07) is 2.04. The maximum atomic E-state index is 4.02. The van der Waals surface area contributed by atoms with Gasteiger partial charge < -0.3 is 0 Å². The van der Waals surface area contributed by atoms with Gasteiger partial charge in [-0.15, -0.1) is 0 Å². The van der Waals surface area contributed by atoms with Gasteiger partial charge in [-0.1, -0.05) is 14.4 Å². The van der Waals surface area contributed by atoms with E-state index in [0.717, 1.165) is 6.42 Å². The van der Waals surface area contributed by atoms with Crippen molar-refractivity contribution in [1.29, 1.82) is 0 Å². The van der Waals surface area contributed by atoms with Crippen molar-refractivity contribution in [2.24, 2.45) is 0 Å². The van der Waals surface area contributed by atoms with Gasteiger partial charge in [0.15, 0.2) is 0 Å². The molecule has 1 nitrogen and oxygen atoms in total. The number of aromatic nitrogens is 1. The van der Waals surface area contributed by atoms with Crippen molar-refractivity contribution < 1.29 is 0 Å². The molecular weight excluding hydrogens is 122 g/mol. The first-order chi connectivity index (χ1) is 4.34. The van der Waals surface area contributed by atoms with E-state index in [9.17, 15) is 0 Å². The lowest BCUT2D eigenvalue weighted by Gasteiger charge is -1.97. The van der Waals surface area contributed by atoms with Gasteiger partial charge in [-0.25, -0.2) is 0 Å². The van der Waals surface area contributed by atoms with Gasteiger partial charge in [-0.2, -0.15) is 0 Å². The molecule has 0 amide bonds. The predicted molar refractivity (Wildman–Crippen MR) is 45.1 cm³/mol. The minimum absolute atomic E-state index is 0. The highest BCUT2D eigenvalue weighted by Gasteiger charge is 1.90. The zero-order chi connectivity index (χ0) is 6.69. The molecule has 0 unspecified atom stereocenters. The van der Waals surface area contributed by atoms with Crippen LogP contribution in [0.2, 0.25) is 0 Å². The minimum Gasteiger partial charge on any atom is -0.264 e. The van der Waals surface area contributed by atoms with Crippen LogP contribution < -0.4 is 0 Å². The van der Waals surface area contributed by atoms with Crippen LogP contribution in [0.15, 0.2) is 18.5 Å². The molecule has 56 valence electrons. The molecule has 0 spiro atoms. The van der Waals surface area contributed by atoms with Crippen molar-refractivity contribution in [2.45, 2.75) is 27.7 Å². The average Bonchev–Trinajstić information content (AvgIpc) is 1.89. The second kappa shape index (κ2) is 4.04. The normalized spacial score (nSPS) is 8.60. The fourth-order valence-corrected chi connectivity index (χ4v) is 0.867. The van der Waals surface area contributed by atoms with E-state index in [1.165, 1.54) is 11.1 Å². The maximum Gasteiger partial charge on any atom is 0.0302 e. The van der Waals surface area contributed by atoms with Crippen LogP contribution in [-0.4, -0.2) is 4.98 Å². The molecule has 0 bridgehead atoms.